The minimum absolute atomic E-state index is 0.112. The summed E-state index contributed by atoms with van der Waals surface area (Å²) in [5.74, 6) is 1.36. The van der Waals surface area contributed by atoms with E-state index >= 15 is 0 Å². The van der Waals surface area contributed by atoms with Crippen molar-refractivity contribution in [2.75, 3.05) is 18.8 Å². The van der Waals surface area contributed by atoms with Gasteiger partial charge in [-0.15, -0.1) is 0 Å². The van der Waals surface area contributed by atoms with E-state index in [-0.39, 0.29) is 5.91 Å². The minimum atomic E-state index is 0.112. The van der Waals surface area contributed by atoms with E-state index in [0.717, 1.165) is 36.0 Å². The average Bonchev–Trinajstić information content (AvgIpc) is 2.84. The lowest BCUT2D eigenvalue weighted by atomic mass is 9.88. The van der Waals surface area contributed by atoms with E-state index in [1.807, 2.05) is 23.1 Å². The van der Waals surface area contributed by atoms with Crippen LogP contribution < -0.4 is 5.73 Å². The molecule has 0 saturated carbocycles. The van der Waals surface area contributed by atoms with Gasteiger partial charge < -0.3 is 15.6 Å². The number of likely N-dealkylation sites (tertiary alicyclic amines) is 1. The molecule has 2 unspecified atom stereocenters. The van der Waals surface area contributed by atoms with Gasteiger partial charge in [0.1, 0.15) is 0 Å². The Morgan fingerprint density at radius 1 is 1.35 bits per heavy atom. The fourth-order valence-electron chi connectivity index (χ4n) is 2.93. The second kappa shape index (κ2) is 4.85. The molecule has 0 bridgehead atoms. The Labute approximate surface area is 118 Å². The monoisotopic (exact) mass is 271 g/mol. The van der Waals surface area contributed by atoms with Gasteiger partial charge in [0.2, 0.25) is 0 Å². The molecule has 3 rings (SSSR count). The van der Waals surface area contributed by atoms with Crippen LogP contribution in [0.5, 0.6) is 0 Å². The van der Waals surface area contributed by atoms with Crippen molar-refractivity contribution in [3.8, 4) is 0 Å². The number of nitrogens with two attached hydrogens (primary N) is 1. The van der Waals surface area contributed by atoms with Gasteiger partial charge in [0, 0.05) is 35.9 Å². The lowest BCUT2D eigenvalue weighted by Gasteiger charge is -2.35. The van der Waals surface area contributed by atoms with Crippen molar-refractivity contribution in [1.82, 2.24) is 9.88 Å². The second-order valence-electron chi connectivity index (χ2n) is 6.00. The minimum Gasteiger partial charge on any atom is -0.399 e. The number of aromatic nitrogens is 1. The number of fused-ring (bicyclic) bond motifs is 1. The number of piperidine rings is 1. The molecular weight excluding hydrogens is 250 g/mol. The molecule has 4 heteroatoms. The van der Waals surface area contributed by atoms with Gasteiger partial charge in [0.05, 0.1) is 5.56 Å². The third-order valence-corrected chi connectivity index (χ3v) is 4.56. The highest BCUT2D eigenvalue weighted by Crippen LogP contribution is 2.26. The molecular formula is C16H21N3O. The van der Waals surface area contributed by atoms with Crippen LogP contribution in [0, 0.1) is 11.8 Å². The lowest BCUT2D eigenvalue weighted by molar-refractivity contribution is 0.0629. The lowest BCUT2D eigenvalue weighted by Crippen LogP contribution is -2.42. The zero-order valence-corrected chi connectivity index (χ0v) is 12.0. The van der Waals surface area contributed by atoms with Crippen molar-refractivity contribution in [2.24, 2.45) is 11.8 Å². The highest BCUT2D eigenvalue weighted by Gasteiger charge is 2.27. The highest BCUT2D eigenvalue weighted by molar-refractivity contribution is 6.07. The van der Waals surface area contributed by atoms with E-state index in [4.69, 9.17) is 5.73 Å². The number of H-pyrrole nitrogens is 1. The molecule has 2 heterocycles. The SMILES string of the molecule is CC1CCN(C(=O)c2c[nH]c3ccc(N)cc23)CC1C. The maximum absolute atomic E-state index is 12.7. The number of nitrogen functional groups attached to an aromatic ring is 1. The van der Waals surface area contributed by atoms with Gasteiger partial charge in [-0.1, -0.05) is 13.8 Å². The Morgan fingerprint density at radius 3 is 2.90 bits per heavy atom. The van der Waals surface area contributed by atoms with Crippen molar-refractivity contribution in [2.45, 2.75) is 20.3 Å². The number of anilines is 1. The third-order valence-electron chi connectivity index (χ3n) is 4.56. The maximum atomic E-state index is 12.7. The molecule has 1 aliphatic rings. The van der Waals surface area contributed by atoms with Crippen LogP contribution in [-0.4, -0.2) is 28.9 Å². The Kier molecular flexibility index (Phi) is 3.16. The van der Waals surface area contributed by atoms with E-state index in [9.17, 15) is 4.79 Å². The highest BCUT2D eigenvalue weighted by atomic mass is 16.2. The summed E-state index contributed by atoms with van der Waals surface area (Å²) in [6, 6.07) is 5.63. The summed E-state index contributed by atoms with van der Waals surface area (Å²) in [6.45, 7) is 6.17. The standard InChI is InChI=1S/C16H21N3O/c1-10-5-6-19(9-11(10)2)16(20)14-8-18-15-4-3-12(17)7-13(14)15/h3-4,7-8,10-11,18H,5-6,9,17H2,1-2H3. The molecule has 1 fully saturated rings. The van der Waals surface area contributed by atoms with Crippen LogP contribution >= 0.6 is 0 Å². The van der Waals surface area contributed by atoms with E-state index in [1.54, 1.807) is 6.20 Å². The third kappa shape index (κ3) is 2.15. The smallest absolute Gasteiger partial charge is 0.256 e. The zero-order valence-electron chi connectivity index (χ0n) is 12.0. The van der Waals surface area contributed by atoms with Gasteiger partial charge >= 0.3 is 0 Å². The number of aromatic amines is 1. The first kappa shape index (κ1) is 13.0. The van der Waals surface area contributed by atoms with Crippen LogP contribution in [0.3, 0.4) is 0 Å². The maximum Gasteiger partial charge on any atom is 0.256 e. The summed E-state index contributed by atoms with van der Waals surface area (Å²) in [5, 5.41) is 0.918. The molecule has 1 aromatic carbocycles. The van der Waals surface area contributed by atoms with E-state index in [1.165, 1.54) is 0 Å². The van der Waals surface area contributed by atoms with Crippen molar-refractivity contribution >= 4 is 22.5 Å². The predicted molar refractivity (Wildman–Crippen MR) is 81.6 cm³/mol. The molecule has 106 valence electrons. The number of hydrogen-bond donors (Lipinski definition) is 2. The first-order valence-electron chi connectivity index (χ1n) is 7.22. The molecule has 1 amide bonds. The zero-order chi connectivity index (χ0) is 14.3. The summed E-state index contributed by atoms with van der Waals surface area (Å²) < 4.78 is 0. The predicted octanol–water partition coefficient (Wildman–Crippen LogP) is 2.87. The molecule has 1 aromatic heterocycles. The fourth-order valence-corrected chi connectivity index (χ4v) is 2.93. The molecule has 4 nitrogen and oxygen atoms in total. The Balaban J connectivity index is 1.91. The molecule has 0 radical (unpaired) electrons. The number of carbonyl (C=O) groups excluding carboxylic acids is 1. The largest absolute Gasteiger partial charge is 0.399 e. The van der Waals surface area contributed by atoms with Crippen molar-refractivity contribution in [3.63, 3.8) is 0 Å². The van der Waals surface area contributed by atoms with Crippen LogP contribution in [0.15, 0.2) is 24.4 Å². The quantitative estimate of drug-likeness (QED) is 0.783. The van der Waals surface area contributed by atoms with Crippen LogP contribution in [0.1, 0.15) is 30.6 Å². The van der Waals surface area contributed by atoms with Gasteiger partial charge in [-0.2, -0.15) is 0 Å². The van der Waals surface area contributed by atoms with Crippen LogP contribution in [0.4, 0.5) is 5.69 Å². The van der Waals surface area contributed by atoms with E-state index in [2.05, 4.69) is 18.8 Å². The summed E-state index contributed by atoms with van der Waals surface area (Å²) in [7, 11) is 0. The molecule has 0 aliphatic carbocycles. The number of hydrogen-bond acceptors (Lipinski definition) is 2. The second-order valence-corrected chi connectivity index (χ2v) is 6.00. The number of nitrogens with one attached hydrogen (secondary N) is 1. The number of nitrogens with zero attached hydrogens (tertiary/aromatic N) is 1. The Hall–Kier alpha value is -1.97. The topological polar surface area (TPSA) is 62.1 Å². The summed E-state index contributed by atoms with van der Waals surface area (Å²) >= 11 is 0. The Bertz CT molecular complexity index is 646. The van der Waals surface area contributed by atoms with Crippen molar-refractivity contribution in [3.05, 3.63) is 30.0 Å². The molecule has 2 atom stereocenters. The summed E-state index contributed by atoms with van der Waals surface area (Å²) in [4.78, 5) is 17.8. The first-order chi connectivity index (χ1) is 9.56. The van der Waals surface area contributed by atoms with Gasteiger partial charge in [-0.05, 0) is 36.5 Å². The summed E-state index contributed by atoms with van der Waals surface area (Å²) in [6.07, 6.45) is 2.88. The van der Waals surface area contributed by atoms with E-state index in [0.29, 0.717) is 17.5 Å². The fraction of sp³-hybridized carbons (Fsp3) is 0.438. The van der Waals surface area contributed by atoms with Gasteiger partial charge in [0.25, 0.3) is 5.91 Å². The molecule has 2 aromatic rings. The first-order valence-corrected chi connectivity index (χ1v) is 7.22. The normalized spacial score (nSPS) is 23.2. The molecule has 20 heavy (non-hydrogen) atoms. The van der Waals surface area contributed by atoms with Crippen molar-refractivity contribution < 1.29 is 4.79 Å². The summed E-state index contributed by atoms with van der Waals surface area (Å²) in [5.41, 5.74) is 8.21. The van der Waals surface area contributed by atoms with Crippen LogP contribution in [0.25, 0.3) is 10.9 Å². The molecule has 0 spiro atoms. The average molecular weight is 271 g/mol. The van der Waals surface area contributed by atoms with E-state index < -0.39 is 0 Å². The number of rotatable bonds is 1. The van der Waals surface area contributed by atoms with Crippen LogP contribution in [-0.2, 0) is 0 Å². The van der Waals surface area contributed by atoms with Crippen molar-refractivity contribution in [1.29, 1.82) is 0 Å². The Morgan fingerprint density at radius 2 is 2.15 bits per heavy atom. The molecule has 1 saturated heterocycles. The van der Waals surface area contributed by atoms with Crippen LogP contribution in [0.2, 0.25) is 0 Å². The van der Waals surface area contributed by atoms with Gasteiger partial charge in [-0.3, -0.25) is 4.79 Å². The molecule has 3 N–H and O–H groups in total. The number of benzene rings is 1. The van der Waals surface area contributed by atoms with Gasteiger partial charge in [0.15, 0.2) is 0 Å². The molecule has 1 aliphatic heterocycles. The number of carbonyl (C=O) groups is 1. The number of amides is 1. The van der Waals surface area contributed by atoms with Gasteiger partial charge in [-0.25, -0.2) is 0 Å².